The molecule has 0 spiro atoms. The van der Waals surface area contributed by atoms with E-state index in [0.29, 0.717) is 11.5 Å². The summed E-state index contributed by atoms with van der Waals surface area (Å²) >= 11 is 5.22. The van der Waals surface area contributed by atoms with E-state index in [1.807, 2.05) is 42.5 Å². The first-order chi connectivity index (χ1) is 11.7. The Morgan fingerprint density at radius 3 is 2.33 bits per heavy atom. The predicted octanol–water partition coefficient (Wildman–Crippen LogP) is 3.34. The summed E-state index contributed by atoms with van der Waals surface area (Å²) in [4.78, 5) is 14.4. The summed E-state index contributed by atoms with van der Waals surface area (Å²) in [5.41, 5.74) is 3.08. The highest BCUT2D eigenvalue weighted by molar-refractivity contribution is 7.80. The van der Waals surface area contributed by atoms with Gasteiger partial charge in [0.1, 0.15) is 0 Å². The van der Waals surface area contributed by atoms with E-state index in [2.05, 4.69) is 27.7 Å². The van der Waals surface area contributed by atoms with Gasteiger partial charge in [-0.25, -0.2) is 0 Å². The molecule has 1 amide bonds. The van der Waals surface area contributed by atoms with Crippen LogP contribution in [0.5, 0.6) is 0 Å². The maximum Gasteiger partial charge on any atom is 0.230 e. The minimum absolute atomic E-state index is 0.118. The normalized spacial score (nSPS) is 13.6. The van der Waals surface area contributed by atoms with Gasteiger partial charge in [-0.05, 0) is 54.9 Å². The lowest BCUT2D eigenvalue weighted by atomic mass is 10.1. The van der Waals surface area contributed by atoms with Crippen molar-refractivity contribution in [2.24, 2.45) is 0 Å². The van der Waals surface area contributed by atoms with Crippen LogP contribution in [0, 0.1) is 0 Å². The largest absolute Gasteiger partial charge is 0.372 e. The van der Waals surface area contributed by atoms with Crippen LogP contribution in [0.4, 0.5) is 11.4 Å². The molecule has 2 aromatic rings. The molecule has 0 bridgehead atoms. The molecule has 1 fully saturated rings. The molecule has 4 nitrogen and oxygen atoms in total. The second-order valence-corrected chi connectivity index (χ2v) is 6.31. The van der Waals surface area contributed by atoms with Gasteiger partial charge in [-0.15, -0.1) is 0 Å². The third-order valence-electron chi connectivity index (χ3n) is 4.06. The van der Waals surface area contributed by atoms with Gasteiger partial charge in [-0.3, -0.25) is 4.79 Å². The van der Waals surface area contributed by atoms with E-state index in [0.717, 1.165) is 24.3 Å². The van der Waals surface area contributed by atoms with E-state index in [1.54, 1.807) is 0 Å². The van der Waals surface area contributed by atoms with Crippen molar-refractivity contribution >= 4 is 34.6 Å². The number of nitrogens with zero attached hydrogens (tertiary/aromatic N) is 1. The molecule has 1 heterocycles. The molecule has 1 aliphatic rings. The second-order valence-electron chi connectivity index (χ2n) is 5.91. The zero-order valence-corrected chi connectivity index (χ0v) is 14.3. The Kier molecular flexibility index (Phi) is 5.43. The van der Waals surface area contributed by atoms with Crippen molar-refractivity contribution in [3.05, 3.63) is 60.2 Å². The van der Waals surface area contributed by atoms with Crippen molar-refractivity contribution in [2.45, 2.75) is 19.3 Å². The van der Waals surface area contributed by atoms with Crippen molar-refractivity contribution in [2.75, 3.05) is 23.3 Å². The fourth-order valence-electron chi connectivity index (χ4n) is 2.85. The molecule has 0 atom stereocenters. The smallest absolute Gasteiger partial charge is 0.230 e. The van der Waals surface area contributed by atoms with Gasteiger partial charge in [-0.2, -0.15) is 0 Å². The topological polar surface area (TPSA) is 44.4 Å². The van der Waals surface area contributed by atoms with Crippen LogP contribution in [0.3, 0.4) is 0 Å². The summed E-state index contributed by atoms with van der Waals surface area (Å²) in [5, 5.41) is 6.10. The molecule has 0 unspecified atom stereocenters. The quantitative estimate of drug-likeness (QED) is 0.839. The van der Waals surface area contributed by atoms with Crippen LogP contribution in [0.25, 0.3) is 0 Å². The molecule has 124 valence electrons. The van der Waals surface area contributed by atoms with E-state index >= 15 is 0 Å². The van der Waals surface area contributed by atoms with Crippen molar-refractivity contribution in [3.63, 3.8) is 0 Å². The Morgan fingerprint density at radius 1 is 1.00 bits per heavy atom. The third kappa shape index (κ3) is 4.55. The van der Waals surface area contributed by atoms with E-state index in [9.17, 15) is 4.79 Å². The molecule has 1 saturated heterocycles. The lowest BCUT2D eigenvalue weighted by Crippen LogP contribution is -2.35. The zero-order chi connectivity index (χ0) is 16.8. The SMILES string of the molecule is O=C(Cc1ccccc1)NC(=S)Nc1ccc(N2CCCC2)cc1. The van der Waals surface area contributed by atoms with Gasteiger partial charge < -0.3 is 15.5 Å². The lowest BCUT2D eigenvalue weighted by Gasteiger charge is -2.18. The summed E-state index contributed by atoms with van der Waals surface area (Å²) < 4.78 is 0. The number of carbonyl (C=O) groups is 1. The van der Waals surface area contributed by atoms with Gasteiger partial charge in [0, 0.05) is 24.5 Å². The van der Waals surface area contributed by atoms with Crippen molar-refractivity contribution in [1.82, 2.24) is 5.32 Å². The molecular formula is C19H21N3OS. The zero-order valence-electron chi connectivity index (χ0n) is 13.5. The molecule has 5 heteroatoms. The van der Waals surface area contributed by atoms with Crippen LogP contribution in [-0.2, 0) is 11.2 Å². The number of hydrogen-bond acceptors (Lipinski definition) is 3. The maximum absolute atomic E-state index is 12.0. The molecule has 0 aromatic heterocycles. The monoisotopic (exact) mass is 339 g/mol. The maximum atomic E-state index is 12.0. The fraction of sp³-hybridized carbons (Fsp3) is 0.263. The number of benzene rings is 2. The second kappa shape index (κ2) is 7.93. The number of amides is 1. The Bertz CT molecular complexity index is 694. The molecule has 0 radical (unpaired) electrons. The summed E-state index contributed by atoms with van der Waals surface area (Å²) in [7, 11) is 0. The van der Waals surface area contributed by atoms with Crippen molar-refractivity contribution in [1.29, 1.82) is 0 Å². The molecule has 0 saturated carbocycles. The average molecular weight is 339 g/mol. The van der Waals surface area contributed by atoms with Crippen LogP contribution in [0.2, 0.25) is 0 Å². The summed E-state index contributed by atoms with van der Waals surface area (Å²) in [5.74, 6) is -0.118. The molecule has 1 aliphatic heterocycles. The van der Waals surface area contributed by atoms with E-state index < -0.39 is 0 Å². The molecule has 3 rings (SSSR count). The van der Waals surface area contributed by atoms with Gasteiger partial charge in [0.2, 0.25) is 5.91 Å². The predicted molar refractivity (Wildman–Crippen MR) is 102 cm³/mol. The number of hydrogen-bond donors (Lipinski definition) is 2. The number of rotatable bonds is 4. The Labute approximate surface area is 147 Å². The van der Waals surface area contributed by atoms with Gasteiger partial charge in [0.15, 0.2) is 5.11 Å². The number of carbonyl (C=O) groups excluding carboxylic acids is 1. The van der Waals surface area contributed by atoms with E-state index in [4.69, 9.17) is 12.2 Å². The first kappa shape index (κ1) is 16.5. The van der Waals surface area contributed by atoms with Crippen LogP contribution in [0.1, 0.15) is 18.4 Å². The van der Waals surface area contributed by atoms with Gasteiger partial charge >= 0.3 is 0 Å². The minimum Gasteiger partial charge on any atom is -0.372 e. The highest BCUT2D eigenvalue weighted by atomic mass is 32.1. The van der Waals surface area contributed by atoms with Crippen LogP contribution < -0.4 is 15.5 Å². The van der Waals surface area contributed by atoms with Gasteiger partial charge in [-0.1, -0.05) is 30.3 Å². The van der Waals surface area contributed by atoms with Crippen LogP contribution in [-0.4, -0.2) is 24.1 Å². The van der Waals surface area contributed by atoms with E-state index in [-0.39, 0.29) is 5.91 Å². The average Bonchev–Trinajstić information content (AvgIpc) is 3.10. The Morgan fingerprint density at radius 2 is 1.67 bits per heavy atom. The summed E-state index contributed by atoms with van der Waals surface area (Å²) in [6.07, 6.45) is 2.84. The van der Waals surface area contributed by atoms with Crippen molar-refractivity contribution < 1.29 is 4.79 Å². The number of nitrogens with one attached hydrogen (secondary N) is 2. The number of anilines is 2. The summed E-state index contributed by atoms with van der Waals surface area (Å²) in [6.45, 7) is 2.25. The Balaban J connectivity index is 1.50. The first-order valence-electron chi connectivity index (χ1n) is 8.20. The fourth-order valence-corrected chi connectivity index (χ4v) is 3.08. The summed E-state index contributed by atoms with van der Waals surface area (Å²) in [6, 6.07) is 17.8. The van der Waals surface area contributed by atoms with Gasteiger partial charge in [0.05, 0.1) is 6.42 Å². The molecule has 24 heavy (non-hydrogen) atoms. The molecule has 2 N–H and O–H groups in total. The standard InChI is InChI=1S/C19H21N3OS/c23-18(14-15-6-2-1-3-7-15)21-19(24)20-16-8-10-17(11-9-16)22-12-4-5-13-22/h1-3,6-11H,4-5,12-14H2,(H2,20,21,23,24). The van der Waals surface area contributed by atoms with E-state index in [1.165, 1.54) is 18.5 Å². The highest BCUT2D eigenvalue weighted by Gasteiger charge is 2.12. The van der Waals surface area contributed by atoms with Crippen LogP contribution >= 0.6 is 12.2 Å². The highest BCUT2D eigenvalue weighted by Crippen LogP contribution is 2.21. The number of thiocarbonyl (C=S) groups is 1. The minimum atomic E-state index is -0.118. The van der Waals surface area contributed by atoms with Gasteiger partial charge in [0.25, 0.3) is 0 Å². The van der Waals surface area contributed by atoms with Crippen LogP contribution in [0.15, 0.2) is 54.6 Å². The van der Waals surface area contributed by atoms with Crippen molar-refractivity contribution in [3.8, 4) is 0 Å². The third-order valence-corrected chi connectivity index (χ3v) is 4.26. The molecule has 0 aliphatic carbocycles. The molecule has 2 aromatic carbocycles. The first-order valence-corrected chi connectivity index (χ1v) is 8.61. The lowest BCUT2D eigenvalue weighted by molar-refractivity contribution is -0.119. The molecular weight excluding hydrogens is 318 g/mol. The Hall–Kier alpha value is -2.40.